The summed E-state index contributed by atoms with van der Waals surface area (Å²) in [7, 11) is 3.06. The zero-order valence-corrected chi connectivity index (χ0v) is 16.0. The van der Waals surface area contributed by atoms with Crippen LogP contribution in [-0.2, 0) is 11.2 Å². The number of Topliss-reactive ketones (excluding diaryl/α,β-unsaturated/α-hetero) is 1. The number of fused-ring (bicyclic) bond motifs is 1. The molecular formula is C22H24O5. The van der Waals surface area contributed by atoms with Crippen molar-refractivity contribution in [3.63, 3.8) is 0 Å². The van der Waals surface area contributed by atoms with Crippen LogP contribution in [0.25, 0.3) is 11.1 Å². The molecule has 5 heteroatoms. The van der Waals surface area contributed by atoms with Crippen LogP contribution in [0.3, 0.4) is 0 Å². The smallest absolute Gasteiger partial charge is 0.311 e. The van der Waals surface area contributed by atoms with Gasteiger partial charge in [0.05, 0.1) is 14.2 Å². The molecule has 0 unspecified atom stereocenters. The molecule has 27 heavy (non-hydrogen) atoms. The number of hydrogen-bond acceptors (Lipinski definition) is 5. The predicted octanol–water partition coefficient (Wildman–Crippen LogP) is 4.60. The minimum atomic E-state index is -0.305. The average molecular weight is 368 g/mol. The van der Waals surface area contributed by atoms with Crippen LogP contribution in [0.4, 0.5) is 0 Å². The topological polar surface area (TPSA) is 61.8 Å². The van der Waals surface area contributed by atoms with Gasteiger partial charge in [-0.2, -0.15) is 0 Å². The Morgan fingerprint density at radius 1 is 1.00 bits per heavy atom. The third-order valence-corrected chi connectivity index (χ3v) is 4.79. The number of ketones is 1. The van der Waals surface area contributed by atoms with Crippen molar-refractivity contribution in [1.82, 2.24) is 0 Å². The van der Waals surface area contributed by atoms with Crippen molar-refractivity contribution in [2.45, 2.75) is 39.0 Å². The van der Waals surface area contributed by atoms with Gasteiger partial charge >= 0.3 is 5.97 Å². The summed E-state index contributed by atoms with van der Waals surface area (Å²) in [6.07, 6.45) is 3.30. The van der Waals surface area contributed by atoms with Gasteiger partial charge in [0.2, 0.25) is 5.75 Å². The number of rotatable bonds is 7. The van der Waals surface area contributed by atoms with Crippen LogP contribution in [0.2, 0.25) is 0 Å². The lowest BCUT2D eigenvalue weighted by molar-refractivity contribution is -0.134. The minimum absolute atomic E-state index is 0.176. The molecule has 0 heterocycles. The lowest BCUT2D eigenvalue weighted by Gasteiger charge is -2.17. The van der Waals surface area contributed by atoms with E-state index >= 15 is 0 Å². The highest BCUT2D eigenvalue weighted by Gasteiger charge is 2.23. The van der Waals surface area contributed by atoms with E-state index in [1.54, 1.807) is 13.2 Å². The van der Waals surface area contributed by atoms with Crippen molar-refractivity contribution in [1.29, 1.82) is 0 Å². The molecule has 5 nitrogen and oxygen atoms in total. The molecule has 0 spiro atoms. The molecule has 2 aromatic carbocycles. The fourth-order valence-corrected chi connectivity index (χ4v) is 3.34. The van der Waals surface area contributed by atoms with Gasteiger partial charge in [0.1, 0.15) is 0 Å². The van der Waals surface area contributed by atoms with E-state index in [0.29, 0.717) is 30.1 Å². The SMILES string of the molecule is CCCCC(=O)Oc1c(-c2ccc3c(c2)CCC3=O)ccc(OC)c1OC. The maximum atomic E-state index is 12.3. The van der Waals surface area contributed by atoms with Gasteiger partial charge in [-0.05, 0) is 36.1 Å². The fourth-order valence-electron chi connectivity index (χ4n) is 3.34. The largest absolute Gasteiger partial charge is 0.493 e. The average Bonchev–Trinajstić information content (AvgIpc) is 3.06. The fraction of sp³-hybridized carbons (Fsp3) is 0.364. The number of hydrogen-bond donors (Lipinski definition) is 0. The van der Waals surface area contributed by atoms with Crippen LogP contribution in [0.1, 0.15) is 48.5 Å². The number of benzene rings is 2. The van der Waals surface area contributed by atoms with Crippen LogP contribution >= 0.6 is 0 Å². The highest BCUT2D eigenvalue weighted by atomic mass is 16.6. The molecule has 0 saturated carbocycles. The molecule has 2 aromatic rings. The second-order valence-electron chi connectivity index (χ2n) is 6.55. The number of aryl methyl sites for hydroxylation is 1. The van der Waals surface area contributed by atoms with Crippen molar-refractivity contribution in [2.75, 3.05) is 14.2 Å². The summed E-state index contributed by atoms with van der Waals surface area (Å²) in [4.78, 5) is 24.2. The van der Waals surface area contributed by atoms with Crippen LogP contribution < -0.4 is 14.2 Å². The first-order chi connectivity index (χ1) is 13.1. The zero-order chi connectivity index (χ0) is 19.4. The van der Waals surface area contributed by atoms with Crippen molar-refractivity contribution in [2.24, 2.45) is 0 Å². The summed E-state index contributed by atoms with van der Waals surface area (Å²) in [6, 6.07) is 9.36. The second kappa shape index (κ2) is 8.25. The zero-order valence-electron chi connectivity index (χ0n) is 16.0. The minimum Gasteiger partial charge on any atom is -0.493 e. The Bertz CT molecular complexity index is 869. The molecule has 0 saturated heterocycles. The van der Waals surface area contributed by atoms with E-state index in [4.69, 9.17) is 14.2 Å². The molecule has 1 aliphatic carbocycles. The molecule has 142 valence electrons. The van der Waals surface area contributed by atoms with Gasteiger partial charge in [-0.3, -0.25) is 9.59 Å². The molecule has 1 aliphatic rings. The molecule has 0 amide bonds. The van der Waals surface area contributed by atoms with E-state index in [0.717, 1.165) is 41.5 Å². The van der Waals surface area contributed by atoms with Gasteiger partial charge in [0.25, 0.3) is 0 Å². The van der Waals surface area contributed by atoms with Gasteiger partial charge < -0.3 is 14.2 Å². The highest BCUT2D eigenvalue weighted by molar-refractivity contribution is 6.01. The molecule has 0 fully saturated rings. The molecule has 0 radical (unpaired) electrons. The summed E-state index contributed by atoms with van der Waals surface area (Å²) in [6.45, 7) is 2.02. The van der Waals surface area contributed by atoms with E-state index in [1.165, 1.54) is 7.11 Å². The van der Waals surface area contributed by atoms with Crippen molar-refractivity contribution >= 4 is 11.8 Å². The molecule has 3 rings (SSSR count). The van der Waals surface area contributed by atoms with Gasteiger partial charge in [-0.25, -0.2) is 0 Å². The van der Waals surface area contributed by atoms with E-state index in [2.05, 4.69) is 0 Å². The standard InChI is InChI=1S/C22H24O5/c1-4-5-6-20(24)27-21-17(10-12-19(25-2)22(21)26-3)15-7-9-16-14(13-15)8-11-18(16)23/h7,9-10,12-13H,4-6,8,11H2,1-3H3. The Labute approximate surface area is 159 Å². The van der Waals surface area contributed by atoms with Crippen molar-refractivity contribution < 1.29 is 23.8 Å². The summed E-state index contributed by atoms with van der Waals surface area (Å²) in [5.41, 5.74) is 3.42. The van der Waals surface area contributed by atoms with Gasteiger partial charge in [-0.15, -0.1) is 0 Å². The van der Waals surface area contributed by atoms with Gasteiger partial charge in [-0.1, -0.05) is 31.5 Å². The first kappa shape index (κ1) is 19.0. The number of unbranched alkanes of at least 4 members (excludes halogenated alkanes) is 1. The third-order valence-electron chi connectivity index (χ3n) is 4.79. The Morgan fingerprint density at radius 2 is 1.78 bits per heavy atom. The Kier molecular flexibility index (Phi) is 5.79. The van der Waals surface area contributed by atoms with E-state index in [9.17, 15) is 9.59 Å². The number of ether oxygens (including phenoxy) is 3. The maximum absolute atomic E-state index is 12.3. The van der Waals surface area contributed by atoms with E-state index < -0.39 is 0 Å². The summed E-state index contributed by atoms with van der Waals surface area (Å²) in [5, 5.41) is 0. The lowest BCUT2D eigenvalue weighted by atomic mass is 9.99. The number of carbonyl (C=O) groups excluding carboxylic acids is 2. The molecule has 0 N–H and O–H groups in total. The summed E-state index contributed by atoms with van der Waals surface area (Å²) >= 11 is 0. The summed E-state index contributed by atoms with van der Waals surface area (Å²) < 4.78 is 16.5. The number of methoxy groups -OCH3 is 2. The highest BCUT2D eigenvalue weighted by Crippen LogP contribution is 2.45. The van der Waals surface area contributed by atoms with Crippen molar-refractivity contribution in [3.05, 3.63) is 41.5 Å². The van der Waals surface area contributed by atoms with Crippen LogP contribution in [0.15, 0.2) is 30.3 Å². The van der Waals surface area contributed by atoms with Crippen LogP contribution in [0.5, 0.6) is 17.2 Å². The molecule has 0 atom stereocenters. The van der Waals surface area contributed by atoms with Gasteiger partial charge in [0, 0.05) is 24.0 Å². The number of esters is 1. The Morgan fingerprint density at radius 3 is 2.48 bits per heavy atom. The van der Waals surface area contributed by atoms with Crippen LogP contribution in [-0.4, -0.2) is 26.0 Å². The quantitative estimate of drug-likeness (QED) is 0.528. The molecular weight excluding hydrogens is 344 g/mol. The normalized spacial score (nSPS) is 12.6. The monoisotopic (exact) mass is 368 g/mol. The maximum Gasteiger partial charge on any atom is 0.311 e. The third kappa shape index (κ3) is 3.82. The van der Waals surface area contributed by atoms with E-state index in [-0.39, 0.29) is 11.8 Å². The summed E-state index contributed by atoms with van der Waals surface area (Å²) in [5.74, 6) is 1.10. The molecule has 0 aliphatic heterocycles. The Balaban J connectivity index is 2.06. The predicted molar refractivity (Wildman–Crippen MR) is 103 cm³/mol. The van der Waals surface area contributed by atoms with Crippen molar-refractivity contribution in [3.8, 4) is 28.4 Å². The van der Waals surface area contributed by atoms with Crippen LogP contribution in [0, 0.1) is 0 Å². The molecule has 0 aromatic heterocycles. The second-order valence-corrected chi connectivity index (χ2v) is 6.55. The number of carbonyl (C=O) groups is 2. The Hall–Kier alpha value is -2.82. The first-order valence-electron chi connectivity index (χ1n) is 9.21. The first-order valence-corrected chi connectivity index (χ1v) is 9.21. The lowest BCUT2D eigenvalue weighted by Crippen LogP contribution is -2.10. The van der Waals surface area contributed by atoms with E-state index in [1.807, 2.05) is 31.2 Å². The van der Waals surface area contributed by atoms with Gasteiger partial charge in [0.15, 0.2) is 17.3 Å². The molecule has 0 bridgehead atoms.